The van der Waals surface area contributed by atoms with Crippen molar-refractivity contribution in [1.82, 2.24) is 9.55 Å². The van der Waals surface area contributed by atoms with Gasteiger partial charge in [0.05, 0.1) is 23.9 Å². The molecular formula is C13H14N2O4. The minimum Gasteiger partial charge on any atom is -0.466 e. The number of carbonyl (C=O) groups excluding carboxylic acids is 1. The number of hydrogen-bond acceptors (Lipinski definition) is 4. The molecule has 0 aliphatic carbocycles. The number of aromatic amines is 1. The molecule has 0 bridgehead atoms. The fourth-order valence-corrected chi connectivity index (χ4v) is 1.90. The third kappa shape index (κ3) is 2.73. The van der Waals surface area contributed by atoms with E-state index in [0.717, 1.165) is 0 Å². The zero-order chi connectivity index (χ0) is 13.8. The van der Waals surface area contributed by atoms with Gasteiger partial charge in [0.25, 0.3) is 5.56 Å². The predicted molar refractivity (Wildman–Crippen MR) is 70.1 cm³/mol. The molecule has 0 radical (unpaired) electrons. The Hall–Kier alpha value is -2.37. The second kappa shape index (κ2) is 5.51. The van der Waals surface area contributed by atoms with Crippen molar-refractivity contribution in [2.24, 2.45) is 0 Å². The monoisotopic (exact) mass is 262 g/mol. The van der Waals surface area contributed by atoms with E-state index in [1.807, 2.05) is 0 Å². The summed E-state index contributed by atoms with van der Waals surface area (Å²) in [5.74, 6) is -0.371. The van der Waals surface area contributed by atoms with E-state index >= 15 is 0 Å². The van der Waals surface area contributed by atoms with E-state index in [1.165, 1.54) is 4.57 Å². The summed E-state index contributed by atoms with van der Waals surface area (Å²) in [5, 5.41) is 0.422. The van der Waals surface area contributed by atoms with Gasteiger partial charge in [-0.15, -0.1) is 0 Å². The summed E-state index contributed by atoms with van der Waals surface area (Å²) in [4.78, 5) is 37.0. The molecule has 19 heavy (non-hydrogen) atoms. The maximum atomic E-state index is 11.8. The van der Waals surface area contributed by atoms with Crippen LogP contribution in [0.3, 0.4) is 0 Å². The number of aromatic nitrogens is 2. The Bertz CT molecular complexity index is 714. The van der Waals surface area contributed by atoms with Crippen molar-refractivity contribution >= 4 is 16.9 Å². The highest BCUT2D eigenvalue weighted by Crippen LogP contribution is 2.07. The Kier molecular flexibility index (Phi) is 3.79. The van der Waals surface area contributed by atoms with E-state index in [4.69, 9.17) is 4.74 Å². The predicted octanol–water partition coefficient (Wildman–Crippen LogP) is 0.643. The maximum Gasteiger partial charge on any atom is 0.328 e. The molecule has 6 nitrogen and oxygen atoms in total. The van der Waals surface area contributed by atoms with Crippen molar-refractivity contribution < 1.29 is 9.53 Å². The van der Waals surface area contributed by atoms with E-state index in [9.17, 15) is 14.4 Å². The van der Waals surface area contributed by atoms with Crippen LogP contribution in [0.4, 0.5) is 0 Å². The van der Waals surface area contributed by atoms with Crippen LogP contribution in [0, 0.1) is 0 Å². The number of rotatable bonds is 4. The largest absolute Gasteiger partial charge is 0.466 e. The quantitative estimate of drug-likeness (QED) is 0.820. The zero-order valence-corrected chi connectivity index (χ0v) is 10.5. The maximum absolute atomic E-state index is 11.8. The summed E-state index contributed by atoms with van der Waals surface area (Å²) in [6.45, 7) is 2.20. The lowest BCUT2D eigenvalue weighted by atomic mass is 10.2. The van der Waals surface area contributed by atoms with Crippen molar-refractivity contribution in [3.63, 3.8) is 0 Å². The number of esters is 1. The Morgan fingerprint density at radius 2 is 2.05 bits per heavy atom. The standard InChI is InChI=1S/C13H14N2O4/c1-2-19-11(16)7-8-15-10-6-4-3-5-9(10)12(17)14-13(15)18/h3-6H,2,7-8H2,1H3,(H,14,17,18). The molecular weight excluding hydrogens is 248 g/mol. The number of ether oxygens (including phenoxy) is 1. The first kappa shape index (κ1) is 13.1. The third-order valence-corrected chi connectivity index (χ3v) is 2.75. The van der Waals surface area contributed by atoms with Gasteiger partial charge in [-0.3, -0.25) is 19.1 Å². The summed E-state index contributed by atoms with van der Waals surface area (Å²) in [5.41, 5.74) is -0.429. The molecule has 1 aromatic heterocycles. The van der Waals surface area contributed by atoms with E-state index in [-0.39, 0.29) is 18.9 Å². The van der Waals surface area contributed by atoms with Crippen LogP contribution in [0.25, 0.3) is 10.9 Å². The Morgan fingerprint density at radius 1 is 1.32 bits per heavy atom. The van der Waals surface area contributed by atoms with Gasteiger partial charge >= 0.3 is 11.7 Å². The number of hydrogen-bond donors (Lipinski definition) is 1. The SMILES string of the molecule is CCOC(=O)CCn1c(=O)[nH]c(=O)c2ccccc21. The molecule has 1 heterocycles. The van der Waals surface area contributed by atoms with Crippen LogP contribution < -0.4 is 11.2 Å². The van der Waals surface area contributed by atoms with Gasteiger partial charge in [-0.25, -0.2) is 4.79 Å². The van der Waals surface area contributed by atoms with Gasteiger partial charge in [0.15, 0.2) is 0 Å². The molecule has 2 rings (SSSR count). The van der Waals surface area contributed by atoms with Crippen molar-refractivity contribution in [2.45, 2.75) is 19.9 Å². The van der Waals surface area contributed by atoms with E-state index in [0.29, 0.717) is 17.5 Å². The van der Waals surface area contributed by atoms with E-state index in [1.54, 1.807) is 31.2 Å². The van der Waals surface area contributed by atoms with Crippen LogP contribution in [-0.4, -0.2) is 22.1 Å². The van der Waals surface area contributed by atoms with Crippen LogP contribution in [-0.2, 0) is 16.1 Å². The van der Waals surface area contributed by atoms with Gasteiger partial charge in [0.2, 0.25) is 0 Å². The summed E-state index contributed by atoms with van der Waals surface area (Å²) < 4.78 is 6.18. The topological polar surface area (TPSA) is 81.2 Å². The van der Waals surface area contributed by atoms with E-state index < -0.39 is 11.2 Å². The highest BCUT2D eigenvalue weighted by atomic mass is 16.5. The molecule has 0 unspecified atom stereocenters. The highest BCUT2D eigenvalue weighted by molar-refractivity contribution is 5.78. The minimum absolute atomic E-state index is 0.0871. The lowest BCUT2D eigenvalue weighted by Gasteiger charge is -2.08. The molecule has 1 aromatic carbocycles. The molecule has 100 valence electrons. The molecule has 0 saturated heterocycles. The van der Waals surface area contributed by atoms with Gasteiger partial charge in [-0.1, -0.05) is 12.1 Å². The molecule has 0 saturated carbocycles. The summed E-state index contributed by atoms with van der Waals surface area (Å²) in [6, 6.07) is 6.77. The smallest absolute Gasteiger partial charge is 0.328 e. The summed E-state index contributed by atoms with van der Waals surface area (Å²) in [6.07, 6.45) is 0.0871. The number of nitrogens with zero attached hydrogens (tertiary/aromatic N) is 1. The normalized spacial score (nSPS) is 10.6. The van der Waals surface area contributed by atoms with Crippen LogP contribution in [0.5, 0.6) is 0 Å². The zero-order valence-electron chi connectivity index (χ0n) is 10.5. The van der Waals surface area contributed by atoms with Crippen molar-refractivity contribution in [2.75, 3.05) is 6.61 Å². The Labute approximate surface area is 108 Å². The van der Waals surface area contributed by atoms with Gasteiger partial charge in [-0.05, 0) is 19.1 Å². The van der Waals surface area contributed by atoms with Gasteiger partial charge in [0.1, 0.15) is 0 Å². The number of para-hydroxylation sites is 1. The van der Waals surface area contributed by atoms with Crippen LogP contribution in [0.1, 0.15) is 13.3 Å². The van der Waals surface area contributed by atoms with Gasteiger partial charge in [0, 0.05) is 6.54 Å². The third-order valence-electron chi connectivity index (χ3n) is 2.75. The number of fused-ring (bicyclic) bond motifs is 1. The fraction of sp³-hybridized carbons (Fsp3) is 0.308. The Balaban J connectivity index is 2.40. The minimum atomic E-state index is -0.520. The summed E-state index contributed by atoms with van der Waals surface area (Å²) >= 11 is 0. The van der Waals surface area contributed by atoms with Crippen molar-refractivity contribution in [3.05, 3.63) is 45.1 Å². The Morgan fingerprint density at radius 3 is 2.79 bits per heavy atom. The van der Waals surface area contributed by atoms with Crippen molar-refractivity contribution in [3.8, 4) is 0 Å². The van der Waals surface area contributed by atoms with E-state index in [2.05, 4.69) is 4.98 Å². The first-order chi connectivity index (χ1) is 9.13. The first-order valence-corrected chi connectivity index (χ1v) is 6.01. The second-order valence-corrected chi connectivity index (χ2v) is 3.98. The number of aryl methyl sites for hydroxylation is 1. The van der Waals surface area contributed by atoms with Gasteiger partial charge in [-0.2, -0.15) is 0 Å². The van der Waals surface area contributed by atoms with Crippen LogP contribution >= 0.6 is 0 Å². The summed E-state index contributed by atoms with van der Waals surface area (Å²) in [7, 11) is 0. The lowest BCUT2D eigenvalue weighted by molar-refractivity contribution is -0.143. The molecule has 0 atom stereocenters. The number of H-pyrrole nitrogens is 1. The highest BCUT2D eigenvalue weighted by Gasteiger charge is 2.09. The molecule has 0 aliphatic rings. The fourth-order valence-electron chi connectivity index (χ4n) is 1.90. The number of benzene rings is 1. The second-order valence-electron chi connectivity index (χ2n) is 3.98. The molecule has 0 aliphatic heterocycles. The number of nitrogens with one attached hydrogen (secondary N) is 1. The first-order valence-electron chi connectivity index (χ1n) is 6.01. The van der Waals surface area contributed by atoms with Gasteiger partial charge < -0.3 is 4.74 Å². The lowest BCUT2D eigenvalue weighted by Crippen LogP contribution is -2.31. The molecule has 0 spiro atoms. The molecule has 0 fully saturated rings. The average Bonchev–Trinajstić information content (AvgIpc) is 2.39. The molecule has 6 heteroatoms. The van der Waals surface area contributed by atoms with Crippen molar-refractivity contribution in [1.29, 1.82) is 0 Å². The molecule has 1 N–H and O–H groups in total. The average molecular weight is 262 g/mol. The molecule has 2 aromatic rings. The van der Waals surface area contributed by atoms with Crippen LogP contribution in [0.2, 0.25) is 0 Å². The number of carbonyl (C=O) groups is 1. The molecule has 0 amide bonds. The van der Waals surface area contributed by atoms with Crippen LogP contribution in [0.15, 0.2) is 33.9 Å².